The first-order valence-corrected chi connectivity index (χ1v) is 6.64. The Labute approximate surface area is 131 Å². The normalized spacial score (nSPS) is 12.1. The molecule has 126 valence electrons. The lowest BCUT2D eigenvalue weighted by molar-refractivity contribution is -0.137. The number of hydrogen-bond donors (Lipinski definition) is 1. The molecular weight excluding hydrogens is 332 g/mol. The van der Waals surface area contributed by atoms with Crippen molar-refractivity contribution >= 4 is 11.2 Å². The van der Waals surface area contributed by atoms with Crippen molar-refractivity contribution in [1.82, 2.24) is 19.1 Å². The molecule has 0 aliphatic heterocycles. The van der Waals surface area contributed by atoms with Gasteiger partial charge in [0.1, 0.15) is 17.2 Å². The van der Waals surface area contributed by atoms with Gasteiger partial charge >= 0.3 is 11.9 Å². The summed E-state index contributed by atoms with van der Waals surface area (Å²) in [7, 11) is 2.64. The van der Waals surface area contributed by atoms with Crippen molar-refractivity contribution in [3.05, 3.63) is 50.4 Å². The van der Waals surface area contributed by atoms with Crippen LogP contribution in [0.15, 0.2) is 27.8 Å². The van der Waals surface area contributed by atoms with Crippen LogP contribution in [0, 0.1) is 5.82 Å². The smallest absolute Gasteiger partial charge is 0.332 e. The van der Waals surface area contributed by atoms with E-state index in [-0.39, 0.29) is 22.6 Å². The van der Waals surface area contributed by atoms with Crippen LogP contribution in [0.2, 0.25) is 0 Å². The van der Waals surface area contributed by atoms with Gasteiger partial charge in [0.05, 0.1) is 11.1 Å². The molecule has 2 heterocycles. The average molecular weight is 342 g/mol. The number of aromatic amines is 1. The number of hydrogen-bond acceptors (Lipinski definition) is 3. The van der Waals surface area contributed by atoms with E-state index in [9.17, 15) is 27.2 Å². The Hall–Kier alpha value is -2.91. The third-order valence-electron chi connectivity index (χ3n) is 3.65. The van der Waals surface area contributed by atoms with Gasteiger partial charge in [-0.1, -0.05) is 0 Å². The Bertz CT molecular complexity index is 1080. The minimum Gasteiger partial charge on any atom is -0.332 e. The van der Waals surface area contributed by atoms with Crippen LogP contribution in [-0.2, 0) is 20.3 Å². The number of nitrogens with one attached hydrogen (secondary N) is 1. The maximum atomic E-state index is 14.0. The van der Waals surface area contributed by atoms with Gasteiger partial charge in [0.15, 0.2) is 5.65 Å². The number of nitrogens with zero attached hydrogens (tertiary/aromatic N) is 3. The molecule has 1 aromatic carbocycles. The molecule has 0 fully saturated rings. The van der Waals surface area contributed by atoms with Crippen LogP contribution in [0.4, 0.5) is 17.6 Å². The molecule has 3 rings (SSSR count). The average Bonchev–Trinajstić information content (AvgIpc) is 2.95. The molecule has 0 aliphatic rings. The Morgan fingerprint density at radius 2 is 1.79 bits per heavy atom. The SMILES string of the molecule is Cn1c(=O)c2[nH]c(-c3ccc(C(F)(F)F)cc3F)nc2n(C)c1=O. The number of aromatic nitrogens is 4. The highest BCUT2D eigenvalue weighted by molar-refractivity contribution is 5.75. The topological polar surface area (TPSA) is 72.7 Å². The molecule has 0 radical (unpaired) electrons. The van der Waals surface area contributed by atoms with Crippen molar-refractivity contribution in [2.75, 3.05) is 0 Å². The highest BCUT2D eigenvalue weighted by Crippen LogP contribution is 2.32. The third-order valence-corrected chi connectivity index (χ3v) is 3.65. The molecular formula is C14H10F4N4O2. The van der Waals surface area contributed by atoms with E-state index in [1.807, 2.05) is 0 Å². The lowest BCUT2D eigenvalue weighted by Crippen LogP contribution is -2.36. The molecule has 1 N–H and O–H groups in total. The standard InChI is InChI=1S/C14H10F4N4O2/c1-21-11-9(12(23)22(2)13(21)24)19-10(20-11)7-4-3-6(5-8(7)15)14(16,17)18/h3-5H,1-2H3,(H,19,20). The van der Waals surface area contributed by atoms with Gasteiger partial charge in [-0.3, -0.25) is 13.9 Å². The Balaban J connectivity index is 2.25. The van der Waals surface area contributed by atoms with Crippen LogP contribution in [0.3, 0.4) is 0 Å². The maximum Gasteiger partial charge on any atom is 0.416 e. The molecule has 0 unspecified atom stereocenters. The third kappa shape index (κ3) is 2.30. The zero-order valence-electron chi connectivity index (χ0n) is 12.4. The number of imidazole rings is 1. The molecule has 2 aromatic heterocycles. The van der Waals surface area contributed by atoms with E-state index in [1.54, 1.807) is 0 Å². The van der Waals surface area contributed by atoms with E-state index < -0.39 is 28.8 Å². The van der Waals surface area contributed by atoms with Gasteiger partial charge in [-0.2, -0.15) is 13.2 Å². The van der Waals surface area contributed by atoms with Crippen molar-refractivity contribution in [3.8, 4) is 11.4 Å². The summed E-state index contributed by atoms with van der Waals surface area (Å²) in [5.74, 6) is -1.29. The summed E-state index contributed by atoms with van der Waals surface area (Å²) in [5.41, 5.74) is -2.74. The lowest BCUT2D eigenvalue weighted by atomic mass is 10.1. The summed E-state index contributed by atoms with van der Waals surface area (Å²) in [6, 6.07) is 1.97. The fourth-order valence-electron chi connectivity index (χ4n) is 2.34. The minimum absolute atomic E-state index is 0.0163. The number of alkyl halides is 3. The van der Waals surface area contributed by atoms with Gasteiger partial charge < -0.3 is 4.98 Å². The number of aryl methyl sites for hydroxylation is 1. The van der Waals surface area contributed by atoms with Gasteiger partial charge in [0.2, 0.25) is 0 Å². The van der Waals surface area contributed by atoms with Crippen molar-refractivity contribution < 1.29 is 17.6 Å². The Kier molecular flexibility index (Phi) is 3.36. The largest absolute Gasteiger partial charge is 0.416 e. The molecule has 0 atom stereocenters. The van der Waals surface area contributed by atoms with E-state index >= 15 is 0 Å². The quantitative estimate of drug-likeness (QED) is 0.685. The second-order valence-electron chi connectivity index (χ2n) is 5.18. The summed E-state index contributed by atoms with van der Waals surface area (Å²) in [6.07, 6.45) is -4.67. The first-order chi connectivity index (χ1) is 11.1. The summed E-state index contributed by atoms with van der Waals surface area (Å²) in [5, 5.41) is 0. The van der Waals surface area contributed by atoms with Crippen LogP contribution in [-0.4, -0.2) is 19.1 Å². The number of benzene rings is 1. The summed E-state index contributed by atoms with van der Waals surface area (Å²) in [6.45, 7) is 0. The van der Waals surface area contributed by atoms with E-state index in [1.165, 1.54) is 14.1 Å². The number of rotatable bonds is 1. The van der Waals surface area contributed by atoms with Crippen LogP contribution in [0.5, 0.6) is 0 Å². The van der Waals surface area contributed by atoms with Gasteiger partial charge in [-0.05, 0) is 18.2 Å². The second kappa shape index (κ2) is 5.05. The van der Waals surface area contributed by atoms with E-state index in [4.69, 9.17) is 0 Å². The Morgan fingerprint density at radius 3 is 2.38 bits per heavy atom. The predicted octanol–water partition coefficient (Wildman–Crippen LogP) is 1.79. The van der Waals surface area contributed by atoms with Gasteiger partial charge in [-0.15, -0.1) is 0 Å². The summed E-state index contributed by atoms with van der Waals surface area (Å²) in [4.78, 5) is 30.4. The molecule has 24 heavy (non-hydrogen) atoms. The predicted molar refractivity (Wildman–Crippen MR) is 77.0 cm³/mol. The van der Waals surface area contributed by atoms with Crippen molar-refractivity contribution in [2.24, 2.45) is 14.1 Å². The number of halogens is 4. The monoisotopic (exact) mass is 342 g/mol. The van der Waals surface area contributed by atoms with Gasteiger partial charge in [-0.25, -0.2) is 14.2 Å². The second-order valence-corrected chi connectivity index (χ2v) is 5.18. The van der Waals surface area contributed by atoms with Crippen LogP contribution in [0.25, 0.3) is 22.6 Å². The molecule has 0 amide bonds. The minimum atomic E-state index is -4.67. The fraction of sp³-hybridized carbons (Fsp3) is 0.214. The highest BCUT2D eigenvalue weighted by atomic mass is 19.4. The number of fused-ring (bicyclic) bond motifs is 1. The van der Waals surface area contributed by atoms with Crippen molar-refractivity contribution in [2.45, 2.75) is 6.18 Å². The molecule has 0 bridgehead atoms. The number of H-pyrrole nitrogens is 1. The van der Waals surface area contributed by atoms with Gasteiger partial charge in [0.25, 0.3) is 5.56 Å². The highest BCUT2D eigenvalue weighted by Gasteiger charge is 2.31. The van der Waals surface area contributed by atoms with Crippen molar-refractivity contribution in [3.63, 3.8) is 0 Å². The molecule has 0 saturated heterocycles. The lowest BCUT2D eigenvalue weighted by Gasteiger charge is -2.07. The van der Waals surface area contributed by atoms with Crippen LogP contribution >= 0.6 is 0 Å². The molecule has 0 saturated carbocycles. The van der Waals surface area contributed by atoms with Crippen LogP contribution in [0.1, 0.15) is 5.56 Å². The molecule has 10 heteroatoms. The molecule has 0 spiro atoms. The van der Waals surface area contributed by atoms with E-state index in [2.05, 4.69) is 9.97 Å². The van der Waals surface area contributed by atoms with Crippen LogP contribution < -0.4 is 11.2 Å². The summed E-state index contributed by atoms with van der Waals surface area (Å²) < 4.78 is 53.7. The van der Waals surface area contributed by atoms with Crippen molar-refractivity contribution in [1.29, 1.82) is 0 Å². The summed E-state index contributed by atoms with van der Waals surface area (Å²) >= 11 is 0. The zero-order chi connectivity index (χ0) is 17.8. The first kappa shape index (κ1) is 16.0. The zero-order valence-corrected chi connectivity index (χ0v) is 12.4. The van der Waals surface area contributed by atoms with E-state index in [0.717, 1.165) is 15.2 Å². The maximum absolute atomic E-state index is 14.0. The molecule has 0 aliphatic carbocycles. The first-order valence-electron chi connectivity index (χ1n) is 6.64. The molecule has 6 nitrogen and oxygen atoms in total. The van der Waals surface area contributed by atoms with E-state index in [0.29, 0.717) is 12.1 Å². The fourth-order valence-corrected chi connectivity index (χ4v) is 2.34. The molecule has 3 aromatic rings. The Morgan fingerprint density at radius 1 is 1.12 bits per heavy atom. The van der Waals surface area contributed by atoms with Gasteiger partial charge in [0, 0.05) is 14.1 Å².